The predicted molar refractivity (Wildman–Crippen MR) is 110 cm³/mol. The van der Waals surface area contributed by atoms with Gasteiger partial charge in [0.2, 0.25) is 0 Å². The molecule has 0 saturated heterocycles. The second kappa shape index (κ2) is 9.42. The maximum atomic E-state index is 5.91. The van der Waals surface area contributed by atoms with Crippen LogP contribution in [-0.2, 0) is 17.7 Å². The van der Waals surface area contributed by atoms with E-state index in [1.54, 1.807) is 0 Å². The molecule has 0 aliphatic carbocycles. The average molecular weight is 367 g/mol. The zero-order valence-electron chi connectivity index (χ0n) is 16.2. The lowest BCUT2D eigenvalue weighted by Gasteiger charge is -2.07. The summed E-state index contributed by atoms with van der Waals surface area (Å²) in [6.07, 6.45) is 2.17. The highest BCUT2D eigenvalue weighted by atomic mass is 16.5. The van der Waals surface area contributed by atoms with Crippen LogP contribution < -0.4 is 15.8 Å². The molecule has 5 heteroatoms. The van der Waals surface area contributed by atoms with Crippen LogP contribution in [0, 0.1) is 0 Å². The van der Waals surface area contributed by atoms with Crippen molar-refractivity contribution in [1.82, 2.24) is 5.32 Å². The van der Waals surface area contributed by atoms with Crippen molar-refractivity contribution in [1.29, 1.82) is 0 Å². The molecule has 0 saturated carbocycles. The van der Waals surface area contributed by atoms with Crippen molar-refractivity contribution in [3.05, 3.63) is 53.6 Å². The van der Waals surface area contributed by atoms with Crippen LogP contribution in [0.4, 0.5) is 0 Å². The lowest BCUT2D eigenvalue weighted by Crippen LogP contribution is -2.32. The van der Waals surface area contributed by atoms with Crippen molar-refractivity contribution in [2.75, 3.05) is 19.8 Å². The summed E-state index contributed by atoms with van der Waals surface area (Å²) in [4.78, 5) is 4.40. The van der Waals surface area contributed by atoms with Crippen molar-refractivity contribution in [3.63, 3.8) is 0 Å². The van der Waals surface area contributed by atoms with E-state index in [9.17, 15) is 0 Å². The highest BCUT2D eigenvalue weighted by molar-refractivity contribution is 5.77. The third kappa shape index (κ3) is 5.47. The number of benzene rings is 2. The summed E-state index contributed by atoms with van der Waals surface area (Å²) < 4.78 is 11.1. The first-order chi connectivity index (χ1) is 13.2. The highest BCUT2D eigenvalue weighted by Crippen LogP contribution is 2.32. The smallest absolute Gasteiger partial charge is 0.188 e. The Kier molecular flexibility index (Phi) is 6.71. The van der Waals surface area contributed by atoms with E-state index in [1.165, 1.54) is 16.7 Å². The Bertz CT molecular complexity index is 772. The molecular formula is C22H29N3O2. The first-order valence-electron chi connectivity index (χ1n) is 9.66. The molecule has 2 aromatic rings. The van der Waals surface area contributed by atoms with Crippen molar-refractivity contribution >= 4 is 5.96 Å². The summed E-state index contributed by atoms with van der Waals surface area (Å²) in [5.41, 5.74) is 10.8. The van der Waals surface area contributed by atoms with Gasteiger partial charge in [-0.05, 0) is 54.7 Å². The predicted octanol–water partition coefficient (Wildman–Crippen LogP) is 3.51. The topological polar surface area (TPSA) is 68.9 Å². The zero-order valence-corrected chi connectivity index (χ0v) is 16.2. The van der Waals surface area contributed by atoms with Gasteiger partial charge in [0.25, 0.3) is 0 Å². The molecule has 144 valence electrons. The molecule has 5 nitrogen and oxygen atoms in total. The Morgan fingerprint density at radius 2 is 2.00 bits per heavy atom. The van der Waals surface area contributed by atoms with Gasteiger partial charge in [-0.25, -0.2) is 4.99 Å². The van der Waals surface area contributed by atoms with Crippen molar-refractivity contribution in [3.8, 4) is 16.9 Å². The maximum Gasteiger partial charge on any atom is 0.188 e. The summed E-state index contributed by atoms with van der Waals surface area (Å²) >= 11 is 0. The molecule has 3 rings (SSSR count). The Labute approximate surface area is 161 Å². The van der Waals surface area contributed by atoms with E-state index in [0.29, 0.717) is 12.5 Å². The summed E-state index contributed by atoms with van der Waals surface area (Å²) in [6, 6.07) is 14.9. The fraction of sp³-hybridized carbons (Fsp3) is 0.409. The van der Waals surface area contributed by atoms with E-state index in [1.807, 2.05) is 6.92 Å². The van der Waals surface area contributed by atoms with Gasteiger partial charge in [0.15, 0.2) is 5.96 Å². The number of nitrogens with zero attached hydrogens (tertiary/aromatic N) is 1. The minimum absolute atomic E-state index is 0.272. The summed E-state index contributed by atoms with van der Waals surface area (Å²) in [6.45, 7) is 6.93. The first kappa shape index (κ1) is 19.2. The fourth-order valence-corrected chi connectivity index (χ4v) is 3.17. The number of hydrogen-bond acceptors (Lipinski definition) is 3. The quantitative estimate of drug-likeness (QED) is 0.426. The van der Waals surface area contributed by atoms with Crippen LogP contribution >= 0.6 is 0 Å². The van der Waals surface area contributed by atoms with Gasteiger partial charge < -0.3 is 20.5 Å². The summed E-state index contributed by atoms with van der Waals surface area (Å²) in [5, 5.41) is 3.11. The number of nitrogens with two attached hydrogens (primary N) is 1. The average Bonchev–Trinajstić information content (AvgIpc) is 3.06. The molecular weight excluding hydrogens is 338 g/mol. The molecule has 1 unspecified atom stereocenters. The largest absolute Gasteiger partial charge is 0.490 e. The van der Waals surface area contributed by atoms with E-state index in [-0.39, 0.29) is 6.10 Å². The molecule has 0 aromatic heterocycles. The van der Waals surface area contributed by atoms with Crippen molar-refractivity contribution < 1.29 is 9.47 Å². The van der Waals surface area contributed by atoms with Crippen LogP contribution in [0.1, 0.15) is 31.4 Å². The molecule has 1 heterocycles. The van der Waals surface area contributed by atoms with Gasteiger partial charge in [-0.15, -0.1) is 0 Å². The fourth-order valence-electron chi connectivity index (χ4n) is 3.17. The van der Waals surface area contributed by atoms with Crippen LogP contribution in [0.3, 0.4) is 0 Å². The van der Waals surface area contributed by atoms with Gasteiger partial charge in [-0.2, -0.15) is 0 Å². The van der Waals surface area contributed by atoms with Gasteiger partial charge in [-0.1, -0.05) is 30.3 Å². The second-order valence-corrected chi connectivity index (χ2v) is 6.83. The number of nitrogens with one attached hydrogen (secondary N) is 1. The zero-order chi connectivity index (χ0) is 19.1. The minimum Gasteiger partial charge on any atom is -0.490 e. The van der Waals surface area contributed by atoms with Gasteiger partial charge in [0.05, 0.1) is 6.54 Å². The Morgan fingerprint density at radius 1 is 1.22 bits per heavy atom. The highest BCUT2D eigenvalue weighted by Gasteiger charge is 2.19. The monoisotopic (exact) mass is 367 g/mol. The SMILES string of the molecule is CCOCCCNC(N)=NCc1ccc(-c2ccc3c(c2)CC(C)O3)cc1. The van der Waals surface area contributed by atoms with Gasteiger partial charge in [-0.3, -0.25) is 0 Å². The summed E-state index contributed by atoms with van der Waals surface area (Å²) in [5.74, 6) is 1.49. The van der Waals surface area contributed by atoms with Crippen molar-refractivity contribution in [2.24, 2.45) is 10.7 Å². The molecule has 2 aromatic carbocycles. The van der Waals surface area contributed by atoms with Crippen LogP contribution in [0.2, 0.25) is 0 Å². The molecule has 0 fully saturated rings. The number of rotatable bonds is 8. The van der Waals surface area contributed by atoms with Crippen LogP contribution in [0.25, 0.3) is 11.1 Å². The Hall–Kier alpha value is -2.53. The van der Waals surface area contributed by atoms with Gasteiger partial charge in [0, 0.05) is 26.2 Å². The van der Waals surface area contributed by atoms with Gasteiger partial charge >= 0.3 is 0 Å². The van der Waals surface area contributed by atoms with E-state index >= 15 is 0 Å². The maximum absolute atomic E-state index is 5.91. The van der Waals surface area contributed by atoms with Crippen LogP contribution in [0.15, 0.2) is 47.5 Å². The molecule has 0 radical (unpaired) electrons. The van der Waals surface area contributed by atoms with Crippen molar-refractivity contribution in [2.45, 2.75) is 39.3 Å². The molecule has 3 N–H and O–H groups in total. The molecule has 1 aliphatic rings. The lowest BCUT2D eigenvalue weighted by atomic mass is 10.00. The van der Waals surface area contributed by atoms with Crippen LogP contribution in [-0.4, -0.2) is 31.8 Å². The molecule has 27 heavy (non-hydrogen) atoms. The number of guanidine groups is 1. The number of fused-ring (bicyclic) bond motifs is 1. The number of ether oxygens (including phenoxy) is 2. The summed E-state index contributed by atoms with van der Waals surface area (Å²) in [7, 11) is 0. The Morgan fingerprint density at radius 3 is 2.78 bits per heavy atom. The van der Waals surface area contributed by atoms with Crippen LogP contribution in [0.5, 0.6) is 5.75 Å². The van der Waals surface area contributed by atoms with E-state index in [0.717, 1.165) is 43.9 Å². The minimum atomic E-state index is 0.272. The van der Waals surface area contributed by atoms with Gasteiger partial charge in [0.1, 0.15) is 11.9 Å². The molecule has 0 bridgehead atoms. The normalized spacial score (nSPS) is 16.1. The Balaban J connectivity index is 1.53. The second-order valence-electron chi connectivity index (χ2n) is 6.83. The first-order valence-corrected chi connectivity index (χ1v) is 9.66. The molecule has 0 spiro atoms. The number of aliphatic imine (C=N–C) groups is 1. The molecule has 1 atom stereocenters. The van der Waals surface area contributed by atoms with E-state index in [4.69, 9.17) is 15.2 Å². The standard InChI is InChI=1S/C22H29N3O2/c1-3-26-12-4-11-24-22(23)25-15-17-5-7-18(8-6-17)19-9-10-21-20(14-19)13-16(2)27-21/h5-10,14,16H,3-4,11-13,15H2,1-2H3,(H3,23,24,25). The lowest BCUT2D eigenvalue weighted by molar-refractivity contribution is 0.145. The third-order valence-corrected chi connectivity index (χ3v) is 4.59. The van der Waals surface area contributed by atoms with E-state index in [2.05, 4.69) is 59.7 Å². The van der Waals surface area contributed by atoms with E-state index < -0.39 is 0 Å². The number of hydrogen-bond donors (Lipinski definition) is 2. The molecule has 1 aliphatic heterocycles. The third-order valence-electron chi connectivity index (χ3n) is 4.59. The molecule has 0 amide bonds.